The van der Waals surface area contributed by atoms with Crippen LogP contribution in [0.5, 0.6) is 0 Å². The molecule has 2 atom stereocenters. The van der Waals surface area contributed by atoms with Gasteiger partial charge in [0.2, 0.25) is 0 Å². The predicted molar refractivity (Wildman–Crippen MR) is 128 cm³/mol. The minimum Gasteiger partial charge on any atom is -0.453 e. The van der Waals surface area contributed by atoms with Gasteiger partial charge in [0.1, 0.15) is 11.6 Å². The Morgan fingerprint density at radius 1 is 1.18 bits per heavy atom. The highest BCUT2D eigenvalue weighted by molar-refractivity contribution is 8.13. The number of ketones is 1. The van der Waals surface area contributed by atoms with Crippen molar-refractivity contribution < 1.29 is 9.21 Å². The second-order valence-electron chi connectivity index (χ2n) is 8.24. The summed E-state index contributed by atoms with van der Waals surface area (Å²) in [5, 5.41) is 16.0. The Morgan fingerprint density at radius 2 is 2.03 bits per heavy atom. The fourth-order valence-electron chi connectivity index (χ4n) is 4.61. The highest BCUT2D eigenvalue weighted by Crippen LogP contribution is 2.43. The Labute approximate surface area is 199 Å². The van der Waals surface area contributed by atoms with Gasteiger partial charge in [-0.2, -0.15) is 5.10 Å². The zero-order valence-electron chi connectivity index (χ0n) is 17.8. The van der Waals surface area contributed by atoms with Gasteiger partial charge in [0, 0.05) is 35.4 Å². The van der Waals surface area contributed by atoms with Gasteiger partial charge >= 0.3 is 0 Å². The summed E-state index contributed by atoms with van der Waals surface area (Å²) in [6.07, 6.45) is 1.76. The van der Waals surface area contributed by atoms with Crippen LogP contribution in [0.15, 0.2) is 68.4 Å². The van der Waals surface area contributed by atoms with Gasteiger partial charge in [0.15, 0.2) is 16.0 Å². The van der Waals surface area contributed by atoms with E-state index in [4.69, 9.17) is 21.0 Å². The van der Waals surface area contributed by atoms with Crippen LogP contribution in [0.4, 0.5) is 5.82 Å². The second kappa shape index (κ2) is 8.09. The standard InChI is InChI=1S/C23H21ClN6O2S/c1-30-16(12-2-4-13(24)5-3-12)10-26-23(30)33-19-7-6-18(32-19)20-14-8-27-29-22(14)28-15-9-25-11-17(31)21(15)20/h2-8,16,20,25H,9-11H2,1H3,(H2,27,28,29). The zero-order chi connectivity index (χ0) is 22.5. The second-order valence-corrected chi connectivity index (χ2v) is 9.65. The van der Waals surface area contributed by atoms with Crippen LogP contribution >= 0.6 is 23.4 Å². The maximum atomic E-state index is 12.8. The average Bonchev–Trinajstić information content (AvgIpc) is 3.55. The molecular formula is C23H21ClN6O2S. The monoisotopic (exact) mass is 480 g/mol. The SMILES string of the molecule is CN1C(Sc2ccc(C3C4=C(CNCC4=O)Nc4[nH]ncc43)o2)=NCC1c1ccc(Cl)cc1. The minimum atomic E-state index is -0.288. The number of nitrogens with zero attached hydrogens (tertiary/aromatic N) is 3. The number of carbonyl (C=O) groups excluding carboxylic acids is 1. The number of fused-ring (bicyclic) bond motifs is 1. The van der Waals surface area contributed by atoms with Crippen molar-refractivity contribution in [1.29, 1.82) is 0 Å². The zero-order valence-corrected chi connectivity index (χ0v) is 19.3. The first-order chi connectivity index (χ1) is 16.1. The van der Waals surface area contributed by atoms with Crippen molar-refractivity contribution in [2.75, 3.05) is 32.0 Å². The number of carbonyl (C=O) groups is 1. The van der Waals surface area contributed by atoms with Crippen molar-refractivity contribution in [2.45, 2.75) is 17.1 Å². The normalized spacial score (nSPS) is 22.2. The third-order valence-electron chi connectivity index (χ3n) is 6.26. The lowest BCUT2D eigenvalue weighted by molar-refractivity contribution is -0.115. The minimum absolute atomic E-state index is 0.0666. The summed E-state index contributed by atoms with van der Waals surface area (Å²) in [6, 6.07) is 11.9. The van der Waals surface area contributed by atoms with Crippen LogP contribution in [-0.2, 0) is 4.79 Å². The number of hydrogen-bond donors (Lipinski definition) is 3. The van der Waals surface area contributed by atoms with Gasteiger partial charge in [-0.05, 0) is 41.6 Å². The molecule has 0 saturated carbocycles. The number of nitrogens with one attached hydrogen (secondary N) is 3. The Balaban J connectivity index is 1.25. The van der Waals surface area contributed by atoms with Gasteiger partial charge in [-0.1, -0.05) is 23.7 Å². The van der Waals surface area contributed by atoms with Crippen molar-refractivity contribution >= 4 is 40.1 Å². The summed E-state index contributed by atoms with van der Waals surface area (Å²) in [5.74, 6) is 1.30. The van der Waals surface area contributed by atoms with E-state index in [9.17, 15) is 4.79 Å². The molecular weight excluding hydrogens is 460 g/mol. The van der Waals surface area contributed by atoms with Crippen LogP contribution < -0.4 is 10.6 Å². The number of rotatable bonds is 3. The number of aliphatic imine (C=N–C) groups is 1. The number of thioether (sulfide) groups is 1. The van der Waals surface area contributed by atoms with Crippen LogP contribution in [0, 0.1) is 0 Å². The first-order valence-electron chi connectivity index (χ1n) is 10.7. The van der Waals surface area contributed by atoms with E-state index in [2.05, 4.69) is 25.7 Å². The van der Waals surface area contributed by atoms with Crippen LogP contribution in [0.25, 0.3) is 0 Å². The van der Waals surface area contributed by atoms with Gasteiger partial charge in [0.05, 0.1) is 31.2 Å². The van der Waals surface area contributed by atoms with Crippen LogP contribution in [0.1, 0.15) is 28.8 Å². The highest BCUT2D eigenvalue weighted by Gasteiger charge is 2.38. The first-order valence-corrected chi connectivity index (χ1v) is 11.9. The molecule has 3 N–H and O–H groups in total. The summed E-state index contributed by atoms with van der Waals surface area (Å²) < 4.78 is 6.28. The molecule has 3 aromatic rings. The van der Waals surface area contributed by atoms with E-state index < -0.39 is 0 Å². The first kappa shape index (κ1) is 20.6. The number of aromatic amines is 1. The van der Waals surface area contributed by atoms with Crippen molar-refractivity contribution in [3.05, 3.63) is 75.8 Å². The molecule has 1 aromatic carbocycles. The topological polar surface area (TPSA) is 98.6 Å². The van der Waals surface area contributed by atoms with Crippen molar-refractivity contribution in [1.82, 2.24) is 20.4 Å². The Bertz CT molecular complexity index is 1290. The fourth-order valence-corrected chi connectivity index (χ4v) is 5.60. The lowest BCUT2D eigenvalue weighted by atomic mass is 9.82. The van der Waals surface area contributed by atoms with E-state index >= 15 is 0 Å². The summed E-state index contributed by atoms with van der Waals surface area (Å²) in [7, 11) is 2.04. The van der Waals surface area contributed by atoms with E-state index in [1.165, 1.54) is 17.3 Å². The molecule has 3 aliphatic heterocycles. The number of anilines is 1. The van der Waals surface area contributed by atoms with Gasteiger partial charge < -0.3 is 20.0 Å². The molecule has 0 fully saturated rings. The molecule has 0 amide bonds. The molecule has 6 rings (SSSR count). The molecule has 0 radical (unpaired) electrons. The summed E-state index contributed by atoms with van der Waals surface area (Å²) in [4.78, 5) is 19.7. The molecule has 0 bridgehead atoms. The van der Waals surface area contributed by atoms with E-state index in [1.54, 1.807) is 6.20 Å². The van der Waals surface area contributed by atoms with E-state index in [0.717, 1.165) is 43.7 Å². The third-order valence-corrected chi connectivity index (χ3v) is 7.53. The molecule has 0 spiro atoms. The molecule has 10 heteroatoms. The summed E-state index contributed by atoms with van der Waals surface area (Å²) in [6.45, 7) is 1.60. The molecule has 5 heterocycles. The number of amidine groups is 1. The fraction of sp³-hybridized carbons (Fsp3) is 0.261. The van der Waals surface area contributed by atoms with Gasteiger partial charge in [-0.25, -0.2) is 0 Å². The Hall–Kier alpha value is -3.01. The van der Waals surface area contributed by atoms with Gasteiger partial charge in [-0.3, -0.25) is 14.9 Å². The molecule has 3 aliphatic rings. The highest BCUT2D eigenvalue weighted by atomic mass is 35.5. The molecule has 0 saturated heterocycles. The van der Waals surface area contributed by atoms with Gasteiger partial charge in [-0.15, -0.1) is 0 Å². The Kier molecular flexibility index (Phi) is 5.05. The number of H-pyrrole nitrogens is 1. The molecule has 168 valence electrons. The largest absolute Gasteiger partial charge is 0.453 e. The number of Topliss-reactive ketones (excluding diaryl/α,β-unsaturated/α-hetero) is 1. The van der Waals surface area contributed by atoms with E-state index in [-0.39, 0.29) is 17.7 Å². The quantitative estimate of drug-likeness (QED) is 0.524. The number of halogens is 1. The van der Waals surface area contributed by atoms with Crippen molar-refractivity contribution in [3.8, 4) is 0 Å². The Morgan fingerprint density at radius 3 is 2.88 bits per heavy atom. The number of furan rings is 1. The third kappa shape index (κ3) is 3.56. The molecule has 8 nitrogen and oxygen atoms in total. The van der Waals surface area contributed by atoms with Crippen LogP contribution in [-0.4, -0.2) is 52.7 Å². The average molecular weight is 481 g/mol. The van der Waals surface area contributed by atoms with E-state index in [0.29, 0.717) is 19.6 Å². The lowest BCUT2D eigenvalue weighted by Gasteiger charge is -2.30. The van der Waals surface area contributed by atoms with Crippen LogP contribution in [0.2, 0.25) is 5.02 Å². The lowest BCUT2D eigenvalue weighted by Crippen LogP contribution is -2.39. The number of hydrogen-bond acceptors (Lipinski definition) is 8. The molecule has 2 aromatic heterocycles. The predicted octanol–water partition coefficient (Wildman–Crippen LogP) is 3.77. The maximum Gasteiger partial charge on any atom is 0.175 e. The smallest absolute Gasteiger partial charge is 0.175 e. The van der Waals surface area contributed by atoms with E-state index in [1.807, 2.05) is 43.4 Å². The number of aromatic nitrogens is 2. The summed E-state index contributed by atoms with van der Waals surface area (Å²) in [5.41, 5.74) is 3.69. The maximum absolute atomic E-state index is 12.8. The summed E-state index contributed by atoms with van der Waals surface area (Å²) >= 11 is 7.53. The molecule has 2 unspecified atom stereocenters. The number of benzene rings is 1. The molecule has 0 aliphatic carbocycles. The van der Waals surface area contributed by atoms with Crippen molar-refractivity contribution in [2.24, 2.45) is 4.99 Å². The molecule has 33 heavy (non-hydrogen) atoms. The van der Waals surface area contributed by atoms with Gasteiger partial charge in [0.25, 0.3) is 0 Å². The van der Waals surface area contributed by atoms with Crippen LogP contribution in [0.3, 0.4) is 0 Å². The van der Waals surface area contributed by atoms with Crippen molar-refractivity contribution in [3.63, 3.8) is 0 Å². The number of likely N-dealkylation sites (N-methyl/N-ethyl adjacent to an activating group) is 1.